The number of ether oxygens (including phenoxy) is 1. The van der Waals surface area contributed by atoms with Gasteiger partial charge in [-0.05, 0) is 80.3 Å². The van der Waals surface area contributed by atoms with Gasteiger partial charge >= 0.3 is 0 Å². The molecule has 3 aromatic carbocycles. The Bertz CT molecular complexity index is 1040. The Labute approximate surface area is 203 Å². The molecule has 5 heteroatoms. The number of methoxy groups -OCH3 is 1. The number of hydrogen-bond acceptors (Lipinski definition) is 4. The zero-order valence-corrected chi connectivity index (χ0v) is 20.2. The molecular formula is C29H35N3O2. The van der Waals surface area contributed by atoms with Crippen molar-refractivity contribution in [2.24, 2.45) is 0 Å². The number of amides is 1. The molecule has 5 nitrogen and oxygen atoms in total. The molecule has 178 valence electrons. The number of nitrogens with one attached hydrogen (secondary N) is 2. The van der Waals surface area contributed by atoms with Gasteiger partial charge in [0.05, 0.1) is 13.2 Å². The average Bonchev–Trinajstić information content (AvgIpc) is 2.90. The van der Waals surface area contributed by atoms with Gasteiger partial charge in [-0.3, -0.25) is 4.79 Å². The number of hydrogen-bond donors (Lipinski definition) is 2. The van der Waals surface area contributed by atoms with E-state index in [0.29, 0.717) is 11.6 Å². The lowest BCUT2D eigenvalue weighted by Gasteiger charge is -2.34. The van der Waals surface area contributed by atoms with Crippen molar-refractivity contribution in [3.05, 3.63) is 95.6 Å². The Hall–Kier alpha value is -3.31. The monoisotopic (exact) mass is 457 g/mol. The quantitative estimate of drug-likeness (QED) is 0.475. The second-order valence-electron chi connectivity index (χ2n) is 8.97. The lowest BCUT2D eigenvalue weighted by atomic mass is 10.0. The van der Waals surface area contributed by atoms with Crippen molar-refractivity contribution >= 4 is 11.6 Å². The molecule has 4 rings (SSSR count). The fourth-order valence-corrected chi connectivity index (χ4v) is 4.52. The molecule has 0 spiro atoms. The predicted octanol–water partition coefficient (Wildman–Crippen LogP) is 4.99. The third kappa shape index (κ3) is 6.39. The minimum atomic E-state index is -0.0400. The van der Waals surface area contributed by atoms with E-state index in [2.05, 4.69) is 39.8 Å². The van der Waals surface area contributed by atoms with Gasteiger partial charge in [0.15, 0.2) is 0 Å². The van der Waals surface area contributed by atoms with Crippen LogP contribution in [0.3, 0.4) is 0 Å². The first-order chi connectivity index (χ1) is 16.6. The van der Waals surface area contributed by atoms with E-state index in [1.807, 2.05) is 61.5 Å². The third-order valence-electron chi connectivity index (χ3n) is 6.62. The molecule has 0 aromatic heterocycles. The molecule has 0 aliphatic carbocycles. The maximum atomic E-state index is 12.7. The molecule has 0 bridgehead atoms. The van der Waals surface area contributed by atoms with Gasteiger partial charge in [0, 0.05) is 30.4 Å². The third-order valence-corrected chi connectivity index (χ3v) is 6.62. The predicted molar refractivity (Wildman–Crippen MR) is 139 cm³/mol. The molecule has 3 aromatic rings. The van der Waals surface area contributed by atoms with Gasteiger partial charge < -0.3 is 20.3 Å². The van der Waals surface area contributed by atoms with Crippen molar-refractivity contribution in [2.75, 3.05) is 31.6 Å². The van der Waals surface area contributed by atoms with Gasteiger partial charge in [0.2, 0.25) is 0 Å². The Morgan fingerprint density at radius 1 is 1.00 bits per heavy atom. The number of nitrogens with zero attached hydrogens (tertiary/aromatic N) is 1. The first kappa shape index (κ1) is 23.8. The molecule has 1 saturated heterocycles. The van der Waals surface area contributed by atoms with Crippen molar-refractivity contribution in [1.82, 2.24) is 10.6 Å². The van der Waals surface area contributed by atoms with Crippen LogP contribution in [0, 0.1) is 0 Å². The van der Waals surface area contributed by atoms with Crippen LogP contribution in [-0.4, -0.2) is 38.7 Å². The summed E-state index contributed by atoms with van der Waals surface area (Å²) in [5, 5.41) is 6.80. The van der Waals surface area contributed by atoms with E-state index < -0.39 is 0 Å². The van der Waals surface area contributed by atoms with E-state index in [-0.39, 0.29) is 11.9 Å². The van der Waals surface area contributed by atoms with E-state index in [0.717, 1.165) is 50.2 Å². The fourth-order valence-electron chi connectivity index (χ4n) is 4.52. The molecular weight excluding hydrogens is 422 g/mol. The van der Waals surface area contributed by atoms with Crippen molar-refractivity contribution in [3.63, 3.8) is 0 Å². The number of anilines is 1. The molecule has 1 atom stereocenters. The highest BCUT2D eigenvalue weighted by atomic mass is 16.5. The first-order valence-corrected chi connectivity index (χ1v) is 12.2. The smallest absolute Gasteiger partial charge is 0.251 e. The van der Waals surface area contributed by atoms with Crippen LogP contribution in [0.5, 0.6) is 5.75 Å². The van der Waals surface area contributed by atoms with E-state index in [1.165, 1.54) is 11.3 Å². The van der Waals surface area contributed by atoms with Gasteiger partial charge in [0.25, 0.3) is 5.91 Å². The first-order valence-electron chi connectivity index (χ1n) is 12.2. The van der Waals surface area contributed by atoms with E-state index in [4.69, 9.17) is 4.74 Å². The van der Waals surface area contributed by atoms with Gasteiger partial charge in [0.1, 0.15) is 5.75 Å². The summed E-state index contributed by atoms with van der Waals surface area (Å²) in [4.78, 5) is 15.1. The summed E-state index contributed by atoms with van der Waals surface area (Å²) in [6.45, 7) is 5.03. The summed E-state index contributed by atoms with van der Waals surface area (Å²) in [6.07, 6.45) is 3.24. The zero-order chi connectivity index (χ0) is 23.8. The van der Waals surface area contributed by atoms with Crippen LogP contribution in [0.25, 0.3) is 0 Å². The second kappa shape index (κ2) is 11.7. The van der Waals surface area contributed by atoms with Crippen LogP contribution >= 0.6 is 0 Å². The topological polar surface area (TPSA) is 53.6 Å². The van der Waals surface area contributed by atoms with Gasteiger partial charge in [-0.2, -0.15) is 0 Å². The van der Waals surface area contributed by atoms with E-state index >= 15 is 0 Å². The van der Waals surface area contributed by atoms with Crippen molar-refractivity contribution in [3.8, 4) is 5.75 Å². The highest BCUT2D eigenvalue weighted by molar-refractivity contribution is 5.94. The number of carbonyl (C=O) groups excluding carboxylic acids is 1. The highest BCUT2D eigenvalue weighted by Gasteiger charge is 2.19. The van der Waals surface area contributed by atoms with Gasteiger partial charge in [-0.15, -0.1) is 0 Å². The molecule has 34 heavy (non-hydrogen) atoms. The molecule has 1 amide bonds. The average molecular weight is 458 g/mol. The standard InChI is InChI=1S/C29H35N3O2/c1-22(24-8-4-3-5-9-24)31-29(33)25-11-13-27(14-12-25)32-19-16-26(17-20-32)30-18-15-23-7-6-10-28(21-23)34-2/h3-14,21-22,26,30H,15-20H2,1-2H3,(H,31,33)/t22-/m0/s1. The van der Waals surface area contributed by atoms with Gasteiger partial charge in [-0.25, -0.2) is 0 Å². The summed E-state index contributed by atoms with van der Waals surface area (Å²) in [5.41, 5.74) is 4.28. The normalized spacial score (nSPS) is 15.1. The van der Waals surface area contributed by atoms with Crippen molar-refractivity contribution in [1.29, 1.82) is 0 Å². The zero-order valence-electron chi connectivity index (χ0n) is 20.2. The maximum Gasteiger partial charge on any atom is 0.251 e. The lowest BCUT2D eigenvalue weighted by molar-refractivity contribution is 0.0940. The Morgan fingerprint density at radius 3 is 2.44 bits per heavy atom. The molecule has 1 heterocycles. The number of benzene rings is 3. The minimum absolute atomic E-state index is 0.0242. The van der Waals surface area contributed by atoms with Crippen LogP contribution in [0.1, 0.15) is 47.3 Å². The fraction of sp³-hybridized carbons (Fsp3) is 0.345. The number of rotatable bonds is 9. The summed E-state index contributed by atoms with van der Waals surface area (Å²) >= 11 is 0. The number of piperidine rings is 1. The maximum absolute atomic E-state index is 12.7. The van der Waals surface area contributed by atoms with Crippen LogP contribution in [0.2, 0.25) is 0 Å². The SMILES string of the molecule is COc1cccc(CCNC2CCN(c3ccc(C(=O)N[C@@H](C)c4ccccc4)cc3)CC2)c1. The highest BCUT2D eigenvalue weighted by Crippen LogP contribution is 2.21. The Kier molecular flexibility index (Phi) is 8.21. The Balaban J connectivity index is 1.21. The van der Waals surface area contributed by atoms with Crippen LogP contribution < -0.4 is 20.3 Å². The molecule has 1 aliphatic heterocycles. The molecule has 1 aliphatic rings. The van der Waals surface area contributed by atoms with Crippen LogP contribution in [-0.2, 0) is 6.42 Å². The molecule has 0 unspecified atom stereocenters. The Morgan fingerprint density at radius 2 is 1.74 bits per heavy atom. The molecule has 2 N–H and O–H groups in total. The van der Waals surface area contributed by atoms with E-state index in [9.17, 15) is 4.79 Å². The largest absolute Gasteiger partial charge is 0.497 e. The molecule has 0 saturated carbocycles. The minimum Gasteiger partial charge on any atom is -0.497 e. The summed E-state index contributed by atoms with van der Waals surface area (Å²) in [6, 6.07) is 26.8. The molecule has 0 radical (unpaired) electrons. The summed E-state index contributed by atoms with van der Waals surface area (Å²) in [7, 11) is 1.71. The molecule has 1 fully saturated rings. The lowest BCUT2D eigenvalue weighted by Crippen LogP contribution is -2.43. The van der Waals surface area contributed by atoms with Gasteiger partial charge in [-0.1, -0.05) is 42.5 Å². The van der Waals surface area contributed by atoms with Crippen molar-refractivity contribution < 1.29 is 9.53 Å². The summed E-state index contributed by atoms with van der Waals surface area (Å²) < 4.78 is 5.31. The summed E-state index contributed by atoms with van der Waals surface area (Å²) in [5.74, 6) is 0.877. The van der Waals surface area contributed by atoms with Crippen LogP contribution in [0.4, 0.5) is 5.69 Å². The van der Waals surface area contributed by atoms with Crippen LogP contribution in [0.15, 0.2) is 78.9 Å². The number of carbonyl (C=O) groups is 1. The van der Waals surface area contributed by atoms with Crippen molar-refractivity contribution in [2.45, 2.75) is 38.3 Å². The van der Waals surface area contributed by atoms with E-state index in [1.54, 1.807) is 7.11 Å². The second-order valence-corrected chi connectivity index (χ2v) is 8.97.